The number of allylic oxidation sites excluding steroid dienone is 1. The summed E-state index contributed by atoms with van der Waals surface area (Å²) in [7, 11) is 3.15. The number of hydrogen-bond acceptors (Lipinski definition) is 10. The monoisotopic (exact) mass is 547 g/mol. The first kappa shape index (κ1) is 27.2. The molecule has 208 valence electrons. The van der Waals surface area contributed by atoms with Gasteiger partial charge in [0.1, 0.15) is 28.6 Å². The highest BCUT2D eigenvalue weighted by Gasteiger charge is 2.63. The zero-order valence-electron chi connectivity index (χ0n) is 22.1. The van der Waals surface area contributed by atoms with Crippen LogP contribution < -0.4 is 5.73 Å². The molecular weight excluding hydrogens is 518 g/mol. The van der Waals surface area contributed by atoms with E-state index in [1.54, 1.807) is 38.5 Å². The molecule has 1 aromatic heterocycles. The van der Waals surface area contributed by atoms with Crippen LogP contribution in [0.25, 0.3) is 11.1 Å². The molecule has 0 saturated heterocycles. The summed E-state index contributed by atoms with van der Waals surface area (Å²) in [5.41, 5.74) is 3.87. The molecule has 3 aliphatic carbocycles. The van der Waals surface area contributed by atoms with Crippen molar-refractivity contribution in [3.63, 3.8) is 0 Å². The van der Waals surface area contributed by atoms with E-state index in [2.05, 4.69) is 4.98 Å². The average molecular weight is 548 g/mol. The number of fused-ring (bicyclic) bond motifs is 3. The van der Waals surface area contributed by atoms with E-state index in [4.69, 9.17) is 5.73 Å². The van der Waals surface area contributed by atoms with E-state index >= 15 is 0 Å². The smallest absolute Gasteiger partial charge is 0.255 e. The second-order valence-electron chi connectivity index (χ2n) is 10.9. The van der Waals surface area contributed by atoms with Gasteiger partial charge < -0.3 is 26.2 Å². The number of aromatic nitrogens is 1. The van der Waals surface area contributed by atoms with Crippen molar-refractivity contribution in [2.75, 3.05) is 14.1 Å². The lowest BCUT2D eigenvalue weighted by Crippen LogP contribution is -2.63. The van der Waals surface area contributed by atoms with Gasteiger partial charge >= 0.3 is 0 Å². The number of hydrogen-bond donors (Lipinski definition) is 5. The molecule has 0 saturated carbocycles. The van der Waals surface area contributed by atoms with E-state index in [1.807, 2.05) is 0 Å². The van der Waals surface area contributed by atoms with Crippen molar-refractivity contribution in [2.24, 2.45) is 17.6 Å². The minimum Gasteiger partial charge on any atom is -0.510 e. The van der Waals surface area contributed by atoms with Gasteiger partial charge in [0.25, 0.3) is 5.91 Å². The van der Waals surface area contributed by atoms with Gasteiger partial charge in [0.15, 0.2) is 11.4 Å². The molecule has 5 rings (SSSR count). The van der Waals surface area contributed by atoms with Gasteiger partial charge in [-0.2, -0.15) is 0 Å². The zero-order chi connectivity index (χ0) is 29.3. The Morgan fingerprint density at radius 1 is 1.12 bits per heavy atom. The molecular formula is C29H29N3O8. The highest BCUT2D eigenvalue weighted by atomic mass is 16.3. The van der Waals surface area contributed by atoms with Crippen LogP contribution >= 0.6 is 0 Å². The van der Waals surface area contributed by atoms with Gasteiger partial charge in [-0.25, -0.2) is 0 Å². The van der Waals surface area contributed by atoms with Crippen molar-refractivity contribution in [1.82, 2.24) is 9.88 Å². The predicted octanol–water partition coefficient (Wildman–Crippen LogP) is 1.31. The first-order valence-electron chi connectivity index (χ1n) is 12.7. The van der Waals surface area contributed by atoms with Crippen LogP contribution in [0.4, 0.5) is 0 Å². The maximum Gasteiger partial charge on any atom is 0.255 e. The van der Waals surface area contributed by atoms with Crippen LogP contribution in [0.2, 0.25) is 0 Å². The lowest BCUT2D eigenvalue weighted by molar-refractivity contribution is -0.148. The van der Waals surface area contributed by atoms with Crippen LogP contribution in [-0.2, 0) is 27.2 Å². The first-order chi connectivity index (χ1) is 18.8. The fourth-order valence-corrected chi connectivity index (χ4v) is 6.46. The molecule has 0 spiro atoms. The van der Waals surface area contributed by atoms with Crippen molar-refractivity contribution >= 4 is 23.3 Å². The summed E-state index contributed by atoms with van der Waals surface area (Å²) in [6.45, 7) is 1.47. The Bertz CT molecular complexity index is 1560. The second-order valence-corrected chi connectivity index (χ2v) is 10.9. The summed E-state index contributed by atoms with van der Waals surface area (Å²) < 4.78 is 0. The largest absolute Gasteiger partial charge is 0.510 e. The number of benzene rings is 1. The molecule has 0 aliphatic heterocycles. The van der Waals surface area contributed by atoms with Crippen LogP contribution in [0.3, 0.4) is 0 Å². The van der Waals surface area contributed by atoms with Gasteiger partial charge in [-0.1, -0.05) is 12.1 Å². The third kappa shape index (κ3) is 3.84. The van der Waals surface area contributed by atoms with Crippen molar-refractivity contribution in [3.8, 4) is 16.9 Å². The molecule has 3 aliphatic rings. The van der Waals surface area contributed by atoms with Gasteiger partial charge in [-0.15, -0.1) is 0 Å². The average Bonchev–Trinajstić information content (AvgIpc) is 2.86. The number of aliphatic hydroxyl groups is 3. The number of aromatic hydroxyl groups is 1. The van der Waals surface area contributed by atoms with Crippen molar-refractivity contribution in [1.29, 1.82) is 0 Å². The standard InChI is InChI=1S/C29H29N3O8/c1-12(33)8-15-5-4-13(11-31-15)16-6-7-19(34)21-17(16)9-14-10-18-23(32(2)3)25(36)22(28(30)39)27(38)29(18,40)26(37)20(14)24(21)35/h4-7,11,14,18,23,34,36-37,40H,8-10H2,1-3H3,(H2,30,39). The van der Waals surface area contributed by atoms with Crippen molar-refractivity contribution < 1.29 is 39.6 Å². The molecule has 1 amide bonds. The number of ketones is 3. The van der Waals surface area contributed by atoms with Crippen LogP contribution in [-0.4, -0.2) is 79.3 Å². The molecule has 0 bridgehead atoms. The minimum absolute atomic E-state index is 0.00332. The SMILES string of the molecule is CC(=O)Cc1ccc(-c2ccc(O)c3c2CC2CC4C(N(C)C)C(O)=C(C(N)=O)C(=O)C4(O)C(O)=C2C3=O)cn1. The number of rotatable bonds is 5. The minimum atomic E-state index is -2.69. The quantitative estimate of drug-likeness (QED) is 0.341. The maximum atomic E-state index is 13.8. The molecule has 2 aromatic rings. The predicted molar refractivity (Wildman–Crippen MR) is 141 cm³/mol. The molecule has 40 heavy (non-hydrogen) atoms. The van der Waals surface area contributed by atoms with Crippen LogP contribution in [0.5, 0.6) is 5.75 Å². The Balaban J connectivity index is 1.66. The number of carbonyl (C=O) groups is 4. The topological polar surface area (TPSA) is 191 Å². The second kappa shape index (κ2) is 9.39. The van der Waals surface area contributed by atoms with Gasteiger partial charge in [0.2, 0.25) is 5.78 Å². The molecule has 1 aromatic carbocycles. The molecule has 4 unspecified atom stereocenters. The fourth-order valence-electron chi connectivity index (χ4n) is 6.46. The lowest BCUT2D eigenvalue weighted by Gasteiger charge is -2.50. The maximum absolute atomic E-state index is 13.8. The third-order valence-electron chi connectivity index (χ3n) is 8.17. The number of nitrogens with zero attached hydrogens (tertiary/aromatic N) is 2. The summed E-state index contributed by atoms with van der Waals surface area (Å²) in [6.07, 6.45) is 1.91. The molecule has 1 heterocycles. The van der Waals surface area contributed by atoms with Crippen LogP contribution in [0.1, 0.15) is 35.0 Å². The number of nitrogens with two attached hydrogens (primary N) is 1. The summed E-state index contributed by atoms with van der Waals surface area (Å²) in [6, 6.07) is 5.40. The van der Waals surface area contributed by atoms with E-state index in [9.17, 15) is 39.6 Å². The molecule has 0 fully saturated rings. The third-order valence-corrected chi connectivity index (χ3v) is 8.17. The highest BCUT2D eigenvalue weighted by molar-refractivity contribution is 6.24. The fraction of sp³-hybridized carbons (Fsp3) is 0.345. The molecule has 6 N–H and O–H groups in total. The summed E-state index contributed by atoms with van der Waals surface area (Å²) in [5, 5.41) is 44.7. The summed E-state index contributed by atoms with van der Waals surface area (Å²) >= 11 is 0. The number of Topliss-reactive ketones (excluding diaryl/α,β-unsaturated/α-hetero) is 3. The number of pyridine rings is 1. The van der Waals surface area contributed by atoms with Crippen molar-refractivity contribution in [3.05, 3.63) is 69.9 Å². The van der Waals surface area contributed by atoms with E-state index in [0.29, 0.717) is 22.4 Å². The molecule has 4 atom stereocenters. The summed E-state index contributed by atoms with van der Waals surface area (Å²) in [5.74, 6) is -7.00. The number of amides is 1. The molecule has 0 radical (unpaired) electrons. The number of aliphatic hydroxyl groups excluding tert-OH is 2. The Labute approximate surface area is 229 Å². The number of phenols is 1. The van der Waals surface area contributed by atoms with E-state index in [-0.39, 0.29) is 41.9 Å². The zero-order valence-corrected chi connectivity index (χ0v) is 22.1. The van der Waals surface area contributed by atoms with E-state index in [1.165, 1.54) is 17.9 Å². The normalized spacial score (nSPS) is 26.0. The van der Waals surface area contributed by atoms with Crippen molar-refractivity contribution in [2.45, 2.75) is 37.8 Å². The molecule has 11 heteroatoms. The number of carbonyl (C=O) groups excluding carboxylic acids is 4. The highest BCUT2D eigenvalue weighted by Crippen LogP contribution is 2.53. The number of primary amides is 1. The van der Waals surface area contributed by atoms with E-state index < -0.39 is 58.0 Å². The van der Waals surface area contributed by atoms with Gasteiger partial charge in [-0.3, -0.25) is 29.1 Å². The Morgan fingerprint density at radius 2 is 1.82 bits per heavy atom. The first-order valence-corrected chi connectivity index (χ1v) is 12.7. The lowest BCUT2D eigenvalue weighted by atomic mass is 9.58. The van der Waals surface area contributed by atoms with Gasteiger partial charge in [0.05, 0.1) is 11.6 Å². The molecule has 11 nitrogen and oxygen atoms in total. The van der Waals surface area contributed by atoms with Gasteiger partial charge in [-0.05, 0) is 63.0 Å². The summed E-state index contributed by atoms with van der Waals surface area (Å²) in [4.78, 5) is 56.6. The van der Waals surface area contributed by atoms with Crippen LogP contribution in [0.15, 0.2) is 53.1 Å². The number of likely N-dealkylation sites (N-methyl/N-ethyl adjacent to an activating group) is 1. The number of phenolic OH excluding ortho intramolecular Hbond substituents is 1. The van der Waals surface area contributed by atoms with E-state index in [0.717, 1.165) is 0 Å². The Kier molecular flexibility index (Phi) is 6.39. The van der Waals surface area contributed by atoms with Gasteiger partial charge in [0, 0.05) is 35.4 Å². The Hall–Kier alpha value is -4.35. The van der Waals surface area contributed by atoms with Crippen LogP contribution in [0, 0.1) is 11.8 Å². The Morgan fingerprint density at radius 3 is 2.40 bits per heavy atom.